The molecule has 0 aliphatic rings. The van der Waals surface area contributed by atoms with Crippen LogP contribution < -0.4 is 0 Å². The molecule has 0 aromatic rings. The molecule has 0 aromatic heterocycles. The van der Waals surface area contributed by atoms with Gasteiger partial charge in [-0.05, 0) is 0 Å². The topological polar surface area (TPSA) is 105 Å². The van der Waals surface area contributed by atoms with Crippen LogP contribution in [-0.2, 0) is 23.9 Å². The number of hydrogen-bond acceptors (Lipinski definition) is 7. The number of carbonyl (C=O) groups excluding carboxylic acids is 2. The summed E-state index contributed by atoms with van der Waals surface area (Å²) in [6.45, 7) is 1.61. The smallest absolute Gasteiger partial charge is 0.302 e. The van der Waals surface area contributed by atoms with E-state index in [4.69, 9.17) is 0 Å². The number of rotatable bonds is 6. The minimum atomic E-state index is -1.10. The van der Waals surface area contributed by atoms with Crippen molar-refractivity contribution in [2.45, 2.75) is 20.0 Å². The zero-order valence-electron chi connectivity index (χ0n) is 8.30. The number of ether oxygens (including phenoxy) is 2. The molecule has 0 aliphatic carbocycles. The molecule has 0 unspecified atom stereocenters. The Labute approximate surface area is 85.2 Å². The van der Waals surface area contributed by atoms with Gasteiger partial charge in [0.2, 0.25) is 0 Å². The Morgan fingerprint density at radius 3 is 1.87 bits per heavy atom. The van der Waals surface area contributed by atoms with E-state index in [9.17, 15) is 19.7 Å². The van der Waals surface area contributed by atoms with Gasteiger partial charge in [0.1, 0.15) is 13.2 Å². The lowest BCUT2D eigenvalue weighted by Gasteiger charge is -2.13. The lowest BCUT2D eigenvalue weighted by molar-refractivity contribution is -0.769. The molecular formula is C7H11NO7. The maximum Gasteiger partial charge on any atom is 0.302 e. The van der Waals surface area contributed by atoms with Gasteiger partial charge in [0.15, 0.2) is 6.10 Å². The van der Waals surface area contributed by atoms with Crippen molar-refractivity contribution in [1.29, 1.82) is 0 Å². The van der Waals surface area contributed by atoms with Crippen LogP contribution in [0.5, 0.6) is 0 Å². The van der Waals surface area contributed by atoms with E-state index in [-0.39, 0.29) is 13.2 Å². The van der Waals surface area contributed by atoms with Crippen LogP contribution in [0.3, 0.4) is 0 Å². The van der Waals surface area contributed by atoms with Gasteiger partial charge in [-0.15, -0.1) is 10.1 Å². The Balaban J connectivity index is 3.99. The maximum absolute atomic E-state index is 10.4. The molecule has 0 heterocycles. The molecule has 0 N–H and O–H groups in total. The third-order valence-electron chi connectivity index (χ3n) is 1.18. The summed E-state index contributed by atoms with van der Waals surface area (Å²) in [5, 5.41) is 8.96. The van der Waals surface area contributed by atoms with Gasteiger partial charge in [-0.3, -0.25) is 9.59 Å². The van der Waals surface area contributed by atoms with Crippen LogP contribution >= 0.6 is 0 Å². The molecule has 0 saturated heterocycles. The molecule has 8 heteroatoms. The average Bonchev–Trinajstić information content (AvgIpc) is 2.08. The Morgan fingerprint density at radius 1 is 1.20 bits per heavy atom. The highest BCUT2D eigenvalue weighted by Gasteiger charge is 2.16. The molecule has 0 atom stereocenters. The lowest BCUT2D eigenvalue weighted by atomic mass is 10.4. The van der Waals surface area contributed by atoms with Crippen molar-refractivity contribution in [3.05, 3.63) is 10.1 Å². The van der Waals surface area contributed by atoms with Crippen LogP contribution in [-0.4, -0.2) is 36.3 Å². The second kappa shape index (κ2) is 6.57. The minimum Gasteiger partial charge on any atom is -0.463 e. The Kier molecular flexibility index (Phi) is 5.76. The molecule has 0 radical (unpaired) electrons. The van der Waals surface area contributed by atoms with Gasteiger partial charge >= 0.3 is 11.9 Å². The summed E-state index contributed by atoms with van der Waals surface area (Å²) in [6, 6.07) is 0. The summed E-state index contributed by atoms with van der Waals surface area (Å²) in [5.74, 6) is -1.20. The molecule has 0 aliphatic heterocycles. The van der Waals surface area contributed by atoms with Crippen LogP contribution in [0.15, 0.2) is 0 Å². The highest BCUT2D eigenvalue weighted by Crippen LogP contribution is 1.96. The molecule has 15 heavy (non-hydrogen) atoms. The fourth-order valence-electron chi connectivity index (χ4n) is 0.651. The van der Waals surface area contributed by atoms with Crippen LogP contribution in [0.4, 0.5) is 0 Å². The van der Waals surface area contributed by atoms with E-state index in [1.54, 1.807) is 0 Å². The molecule has 0 aromatic carbocycles. The van der Waals surface area contributed by atoms with Crippen molar-refractivity contribution in [2.24, 2.45) is 0 Å². The fourth-order valence-corrected chi connectivity index (χ4v) is 0.651. The van der Waals surface area contributed by atoms with Crippen molar-refractivity contribution >= 4 is 11.9 Å². The van der Waals surface area contributed by atoms with Crippen molar-refractivity contribution in [2.75, 3.05) is 13.2 Å². The van der Waals surface area contributed by atoms with Crippen LogP contribution in [0.25, 0.3) is 0 Å². The zero-order chi connectivity index (χ0) is 11.8. The molecule has 0 fully saturated rings. The predicted octanol–water partition coefficient (Wildman–Crippen LogP) is -0.310. The van der Waals surface area contributed by atoms with Crippen molar-refractivity contribution < 1.29 is 29.0 Å². The van der Waals surface area contributed by atoms with E-state index in [1.807, 2.05) is 0 Å². The summed E-state index contributed by atoms with van der Waals surface area (Å²) < 4.78 is 8.96. The first-order chi connectivity index (χ1) is 6.91. The van der Waals surface area contributed by atoms with Gasteiger partial charge in [0, 0.05) is 13.8 Å². The second-order valence-corrected chi connectivity index (χ2v) is 2.56. The van der Waals surface area contributed by atoms with E-state index < -0.39 is 23.1 Å². The van der Waals surface area contributed by atoms with Crippen molar-refractivity contribution in [3.63, 3.8) is 0 Å². The van der Waals surface area contributed by atoms with Crippen molar-refractivity contribution in [3.8, 4) is 0 Å². The molecule has 0 saturated carbocycles. The van der Waals surface area contributed by atoms with Crippen molar-refractivity contribution in [1.82, 2.24) is 0 Å². The summed E-state index contributed by atoms with van der Waals surface area (Å²) in [4.78, 5) is 35.0. The number of nitrogens with zero attached hydrogens (tertiary/aromatic N) is 1. The van der Waals surface area contributed by atoms with E-state index in [0.29, 0.717) is 0 Å². The van der Waals surface area contributed by atoms with E-state index in [0.717, 1.165) is 13.8 Å². The number of esters is 2. The molecule has 0 spiro atoms. The van der Waals surface area contributed by atoms with Crippen LogP contribution in [0.1, 0.15) is 13.8 Å². The number of carbonyl (C=O) groups is 2. The van der Waals surface area contributed by atoms with Gasteiger partial charge in [-0.2, -0.15) is 0 Å². The van der Waals surface area contributed by atoms with Crippen LogP contribution in [0, 0.1) is 10.1 Å². The third kappa shape index (κ3) is 8.47. The van der Waals surface area contributed by atoms with Gasteiger partial charge < -0.3 is 14.3 Å². The standard InChI is InChI=1S/C7H11NO7/c1-5(9)13-3-7(15-8(11)12)4-14-6(2)10/h7H,3-4H2,1-2H3. The molecule has 0 rings (SSSR count). The summed E-state index contributed by atoms with van der Waals surface area (Å²) >= 11 is 0. The molecule has 0 bridgehead atoms. The number of hydrogen-bond donors (Lipinski definition) is 0. The van der Waals surface area contributed by atoms with Gasteiger partial charge in [-0.25, -0.2) is 0 Å². The monoisotopic (exact) mass is 221 g/mol. The van der Waals surface area contributed by atoms with Gasteiger partial charge in [-0.1, -0.05) is 0 Å². The fraction of sp³-hybridized carbons (Fsp3) is 0.714. The highest BCUT2D eigenvalue weighted by molar-refractivity contribution is 5.66. The molecule has 86 valence electrons. The Bertz CT molecular complexity index is 234. The summed E-state index contributed by atoms with van der Waals surface area (Å²) in [6.07, 6.45) is -1.10. The van der Waals surface area contributed by atoms with Crippen LogP contribution in [0.2, 0.25) is 0 Å². The highest BCUT2D eigenvalue weighted by atomic mass is 17.0. The lowest BCUT2D eigenvalue weighted by Crippen LogP contribution is -2.29. The second-order valence-electron chi connectivity index (χ2n) is 2.56. The normalized spacial score (nSPS) is 9.53. The predicted molar refractivity (Wildman–Crippen MR) is 45.1 cm³/mol. The Morgan fingerprint density at radius 2 is 1.60 bits per heavy atom. The SMILES string of the molecule is CC(=O)OCC(COC(C)=O)O[N+](=O)[O-]. The maximum atomic E-state index is 10.4. The summed E-state index contributed by atoms with van der Waals surface area (Å²) in [7, 11) is 0. The third-order valence-corrected chi connectivity index (χ3v) is 1.18. The average molecular weight is 221 g/mol. The largest absolute Gasteiger partial charge is 0.463 e. The van der Waals surface area contributed by atoms with E-state index >= 15 is 0 Å². The Hall–Kier alpha value is -1.86. The van der Waals surface area contributed by atoms with Gasteiger partial charge in [0.05, 0.1) is 0 Å². The minimum absolute atomic E-state index is 0.344. The first-order valence-electron chi connectivity index (χ1n) is 3.99. The molecule has 8 nitrogen and oxygen atoms in total. The van der Waals surface area contributed by atoms with E-state index in [2.05, 4.69) is 14.3 Å². The zero-order valence-corrected chi connectivity index (χ0v) is 8.30. The molecule has 0 amide bonds. The quantitative estimate of drug-likeness (QED) is 0.344. The first kappa shape index (κ1) is 13.1. The summed E-state index contributed by atoms with van der Waals surface area (Å²) in [5.41, 5.74) is 0. The first-order valence-corrected chi connectivity index (χ1v) is 3.99. The molecular weight excluding hydrogens is 210 g/mol. The van der Waals surface area contributed by atoms with E-state index in [1.165, 1.54) is 0 Å². The van der Waals surface area contributed by atoms with Gasteiger partial charge in [0.25, 0.3) is 5.09 Å².